The molecule has 3 aromatic rings. The molecule has 0 radical (unpaired) electrons. The highest BCUT2D eigenvalue weighted by Crippen LogP contribution is 2.23. The molecular formula is C13H12N6O3S2. The molecule has 1 aromatic carbocycles. The summed E-state index contributed by atoms with van der Waals surface area (Å²) in [7, 11) is -4.02. The molecule has 0 aliphatic rings. The van der Waals surface area contributed by atoms with Gasteiger partial charge in [-0.1, -0.05) is 24.4 Å². The van der Waals surface area contributed by atoms with Crippen LogP contribution in [0.25, 0.3) is 11.2 Å². The summed E-state index contributed by atoms with van der Waals surface area (Å²) in [5.74, 6) is -0.315. The van der Waals surface area contributed by atoms with E-state index in [0.29, 0.717) is 5.69 Å². The maximum atomic E-state index is 12.7. The molecule has 11 heteroatoms. The third-order valence-electron chi connectivity index (χ3n) is 3.06. The zero-order valence-corrected chi connectivity index (χ0v) is 14.0. The fourth-order valence-electron chi connectivity index (χ4n) is 2.08. The van der Waals surface area contributed by atoms with E-state index in [9.17, 15) is 13.2 Å². The largest absolute Gasteiger partial charge is 0.330 e. The number of nitrogens with zero attached hydrogens (tertiary/aromatic N) is 3. The van der Waals surface area contributed by atoms with E-state index in [1.165, 1.54) is 19.3 Å². The van der Waals surface area contributed by atoms with Crippen LogP contribution in [-0.2, 0) is 15.0 Å². The predicted octanol–water partition coefficient (Wildman–Crippen LogP) is 1.65. The summed E-state index contributed by atoms with van der Waals surface area (Å²) >= 11 is 5.02. The number of aromatic amines is 1. The van der Waals surface area contributed by atoms with E-state index >= 15 is 0 Å². The highest BCUT2D eigenvalue weighted by Gasteiger charge is 2.19. The van der Waals surface area contributed by atoms with E-state index in [4.69, 9.17) is 12.2 Å². The fourth-order valence-corrected chi connectivity index (χ4v) is 3.38. The van der Waals surface area contributed by atoms with Gasteiger partial charge in [-0.25, -0.2) is 9.97 Å². The van der Waals surface area contributed by atoms with Gasteiger partial charge < -0.3 is 10.3 Å². The molecule has 2 heterocycles. The Morgan fingerprint density at radius 2 is 1.96 bits per heavy atom. The van der Waals surface area contributed by atoms with Crippen LogP contribution in [0.4, 0.5) is 11.4 Å². The van der Waals surface area contributed by atoms with E-state index in [1.807, 2.05) is 0 Å². The summed E-state index contributed by atoms with van der Waals surface area (Å²) in [5.41, 5.74) is 1.03. The van der Waals surface area contributed by atoms with Gasteiger partial charge in [0.1, 0.15) is 11.8 Å². The minimum absolute atomic E-state index is 0.191. The third-order valence-corrected chi connectivity index (χ3v) is 4.63. The first-order chi connectivity index (χ1) is 11.4. The number of hydrogen-bond acceptors (Lipinski definition) is 6. The van der Waals surface area contributed by atoms with Gasteiger partial charge in [-0.05, 0) is 12.1 Å². The van der Waals surface area contributed by atoms with Gasteiger partial charge in [0.15, 0.2) is 10.3 Å². The standard InChI is InChI=1S/C13H12N6O3S2/c1-8(20)17-9-4-2-3-5-10(9)18-24(21,22)19-7-16-11-12(19)14-6-15-13(11)23/h2-7,18H,1H3,(H,17,20)(H,14,15,23). The number of imidazole rings is 1. The molecular weight excluding hydrogens is 352 g/mol. The van der Waals surface area contributed by atoms with Crippen molar-refractivity contribution in [2.45, 2.75) is 6.92 Å². The molecule has 2 aromatic heterocycles. The van der Waals surface area contributed by atoms with Gasteiger partial charge in [-0.2, -0.15) is 12.4 Å². The molecule has 3 N–H and O–H groups in total. The lowest BCUT2D eigenvalue weighted by Gasteiger charge is -2.13. The lowest BCUT2D eigenvalue weighted by atomic mass is 10.3. The minimum atomic E-state index is -4.02. The number of H-pyrrole nitrogens is 1. The topological polar surface area (TPSA) is 122 Å². The molecule has 0 spiro atoms. The lowest BCUT2D eigenvalue weighted by Crippen LogP contribution is -2.22. The summed E-state index contributed by atoms with van der Waals surface area (Å²) in [6, 6.07) is 6.44. The van der Waals surface area contributed by atoms with Gasteiger partial charge in [0, 0.05) is 6.92 Å². The Morgan fingerprint density at radius 1 is 1.25 bits per heavy atom. The van der Waals surface area contributed by atoms with Gasteiger partial charge >= 0.3 is 10.2 Å². The number of rotatable bonds is 4. The maximum Gasteiger partial charge on any atom is 0.330 e. The molecule has 0 fully saturated rings. The quantitative estimate of drug-likeness (QED) is 0.605. The lowest BCUT2D eigenvalue weighted by molar-refractivity contribution is -0.114. The van der Waals surface area contributed by atoms with E-state index in [-0.39, 0.29) is 27.4 Å². The maximum absolute atomic E-state index is 12.7. The van der Waals surface area contributed by atoms with Gasteiger partial charge in [0.05, 0.1) is 17.7 Å². The molecule has 0 bridgehead atoms. The smallest absolute Gasteiger partial charge is 0.330 e. The van der Waals surface area contributed by atoms with Crippen LogP contribution in [0.2, 0.25) is 0 Å². The van der Waals surface area contributed by atoms with Crippen molar-refractivity contribution >= 4 is 50.9 Å². The number of anilines is 2. The van der Waals surface area contributed by atoms with Crippen LogP contribution < -0.4 is 10.0 Å². The normalized spacial score (nSPS) is 11.4. The second-order valence-electron chi connectivity index (χ2n) is 4.78. The van der Waals surface area contributed by atoms with Crippen LogP contribution in [0.1, 0.15) is 6.92 Å². The van der Waals surface area contributed by atoms with Crippen molar-refractivity contribution in [1.82, 2.24) is 18.9 Å². The van der Waals surface area contributed by atoms with Crippen molar-refractivity contribution in [2.75, 3.05) is 10.0 Å². The predicted molar refractivity (Wildman–Crippen MR) is 91.4 cm³/mol. The summed E-state index contributed by atoms with van der Waals surface area (Å²) < 4.78 is 28.8. The Hall–Kier alpha value is -2.79. The molecule has 1 amide bonds. The Balaban J connectivity index is 2.05. The number of hydrogen-bond donors (Lipinski definition) is 3. The fraction of sp³-hybridized carbons (Fsp3) is 0.0769. The molecule has 0 atom stereocenters. The van der Waals surface area contributed by atoms with E-state index in [0.717, 1.165) is 10.3 Å². The zero-order chi connectivity index (χ0) is 17.3. The summed E-state index contributed by atoms with van der Waals surface area (Å²) in [6.45, 7) is 1.34. The number of amides is 1. The first kappa shape index (κ1) is 16.1. The van der Waals surface area contributed by atoms with Crippen molar-refractivity contribution in [2.24, 2.45) is 0 Å². The number of aromatic nitrogens is 4. The Labute approximate surface area is 141 Å². The van der Waals surface area contributed by atoms with Crippen molar-refractivity contribution in [3.63, 3.8) is 0 Å². The van der Waals surface area contributed by atoms with Gasteiger partial charge in [-0.15, -0.1) is 0 Å². The van der Waals surface area contributed by atoms with Crippen molar-refractivity contribution in [3.8, 4) is 0 Å². The van der Waals surface area contributed by atoms with Crippen LogP contribution in [0, 0.1) is 4.64 Å². The van der Waals surface area contributed by atoms with Crippen molar-refractivity contribution in [1.29, 1.82) is 0 Å². The molecule has 9 nitrogen and oxygen atoms in total. The Morgan fingerprint density at radius 3 is 2.67 bits per heavy atom. The molecule has 0 saturated carbocycles. The van der Waals surface area contributed by atoms with Crippen LogP contribution >= 0.6 is 12.2 Å². The Bertz CT molecular complexity index is 1090. The van der Waals surface area contributed by atoms with Crippen LogP contribution in [0.15, 0.2) is 36.9 Å². The monoisotopic (exact) mass is 364 g/mol. The van der Waals surface area contributed by atoms with E-state index in [2.05, 4.69) is 25.0 Å². The van der Waals surface area contributed by atoms with Crippen molar-refractivity contribution < 1.29 is 13.2 Å². The van der Waals surface area contributed by atoms with E-state index < -0.39 is 10.2 Å². The van der Waals surface area contributed by atoms with Gasteiger partial charge in [-0.3, -0.25) is 9.52 Å². The molecule has 0 unspecified atom stereocenters. The SMILES string of the molecule is CC(=O)Nc1ccccc1NS(=O)(=O)n1cnc2c(=S)nc[nH]c21. The van der Waals surface area contributed by atoms with Crippen LogP contribution in [-0.4, -0.2) is 33.2 Å². The number of fused-ring (bicyclic) bond motifs is 1. The molecule has 0 saturated heterocycles. The van der Waals surface area contributed by atoms with Crippen molar-refractivity contribution in [3.05, 3.63) is 41.6 Å². The highest BCUT2D eigenvalue weighted by molar-refractivity contribution is 7.91. The highest BCUT2D eigenvalue weighted by atomic mass is 32.2. The number of benzene rings is 1. The molecule has 3 rings (SSSR count). The van der Waals surface area contributed by atoms with Crippen LogP contribution in [0.3, 0.4) is 0 Å². The first-order valence-electron chi connectivity index (χ1n) is 6.69. The molecule has 24 heavy (non-hydrogen) atoms. The summed E-state index contributed by atoms with van der Waals surface area (Å²) in [4.78, 5) is 21.8. The summed E-state index contributed by atoms with van der Waals surface area (Å²) in [6.07, 6.45) is 2.42. The number of carbonyl (C=O) groups is 1. The second kappa shape index (κ2) is 6.02. The number of para-hydroxylation sites is 2. The first-order valence-corrected chi connectivity index (χ1v) is 8.54. The minimum Gasteiger partial charge on any atom is -0.330 e. The summed E-state index contributed by atoms with van der Waals surface area (Å²) in [5, 5.41) is 2.56. The third kappa shape index (κ3) is 2.98. The Kier molecular flexibility index (Phi) is 4.03. The average molecular weight is 364 g/mol. The van der Waals surface area contributed by atoms with Gasteiger partial charge in [0.2, 0.25) is 5.91 Å². The number of carbonyl (C=O) groups excluding carboxylic acids is 1. The average Bonchev–Trinajstić information content (AvgIpc) is 2.95. The van der Waals surface area contributed by atoms with Gasteiger partial charge in [0.25, 0.3) is 0 Å². The van der Waals surface area contributed by atoms with Crippen LogP contribution in [0.5, 0.6) is 0 Å². The molecule has 0 aliphatic carbocycles. The van der Waals surface area contributed by atoms with E-state index in [1.54, 1.807) is 18.2 Å². The second-order valence-corrected chi connectivity index (χ2v) is 6.71. The molecule has 124 valence electrons. The number of nitrogens with one attached hydrogen (secondary N) is 3. The molecule has 0 aliphatic heterocycles. The zero-order valence-electron chi connectivity index (χ0n) is 12.3.